The average Bonchev–Trinajstić information content (AvgIpc) is 2.78. The van der Waals surface area contributed by atoms with Crippen molar-refractivity contribution < 1.29 is 0 Å². The molecule has 0 radical (unpaired) electrons. The summed E-state index contributed by atoms with van der Waals surface area (Å²) in [6.07, 6.45) is 7.07. The number of thiophene rings is 1. The van der Waals surface area contributed by atoms with Crippen LogP contribution in [0.2, 0.25) is 5.02 Å². The first-order valence-corrected chi connectivity index (χ1v) is 8.63. The minimum absolute atomic E-state index is 0.412. The second-order valence-corrected chi connectivity index (χ2v) is 7.26. The van der Waals surface area contributed by atoms with Crippen LogP contribution in [-0.4, -0.2) is 18.1 Å². The SMILES string of the molecule is CNC(CSC1CCCCC1)c1sccc1Cl. The van der Waals surface area contributed by atoms with Crippen molar-refractivity contribution in [3.63, 3.8) is 0 Å². The van der Waals surface area contributed by atoms with Gasteiger partial charge in [0.25, 0.3) is 0 Å². The lowest BCUT2D eigenvalue weighted by atomic mass is 10.0. The van der Waals surface area contributed by atoms with Gasteiger partial charge in [0, 0.05) is 15.9 Å². The maximum Gasteiger partial charge on any atom is 0.0561 e. The maximum atomic E-state index is 6.20. The minimum atomic E-state index is 0.412. The molecule has 0 saturated heterocycles. The van der Waals surface area contributed by atoms with Crippen LogP contribution < -0.4 is 5.32 Å². The van der Waals surface area contributed by atoms with E-state index in [1.165, 1.54) is 37.0 Å². The molecule has 0 aromatic carbocycles. The van der Waals surface area contributed by atoms with Gasteiger partial charge in [-0.25, -0.2) is 0 Å². The van der Waals surface area contributed by atoms with E-state index in [0.717, 1.165) is 16.0 Å². The van der Waals surface area contributed by atoms with E-state index < -0.39 is 0 Å². The van der Waals surface area contributed by atoms with Crippen molar-refractivity contribution in [1.29, 1.82) is 0 Å². The van der Waals surface area contributed by atoms with Crippen molar-refractivity contribution in [2.75, 3.05) is 12.8 Å². The van der Waals surface area contributed by atoms with Gasteiger partial charge in [-0.2, -0.15) is 11.8 Å². The molecule has 0 aliphatic heterocycles. The number of thioether (sulfide) groups is 1. The van der Waals surface area contributed by atoms with E-state index in [9.17, 15) is 0 Å². The second kappa shape index (κ2) is 7.03. The fourth-order valence-corrected chi connectivity index (χ4v) is 5.18. The predicted octanol–water partition coefficient (Wildman–Crippen LogP) is 4.73. The predicted molar refractivity (Wildman–Crippen MR) is 80.5 cm³/mol. The van der Waals surface area contributed by atoms with E-state index in [-0.39, 0.29) is 0 Å². The van der Waals surface area contributed by atoms with E-state index in [2.05, 4.69) is 22.5 Å². The van der Waals surface area contributed by atoms with Gasteiger partial charge in [0.2, 0.25) is 0 Å². The Bertz CT molecular complexity index is 334. The van der Waals surface area contributed by atoms with Crippen molar-refractivity contribution >= 4 is 34.7 Å². The average molecular weight is 290 g/mol. The summed E-state index contributed by atoms with van der Waals surface area (Å²) in [4.78, 5) is 1.29. The zero-order chi connectivity index (χ0) is 12.1. The highest BCUT2D eigenvalue weighted by atomic mass is 35.5. The molecule has 1 fully saturated rings. The van der Waals surface area contributed by atoms with Gasteiger partial charge in [-0.05, 0) is 31.3 Å². The summed E-state index contributed by atoms with van der Waals surface area (Å²) < 4.78 is 0. The van der Waals surface area contributed by atoms with Crippen molar-refractivity contribution in [1.82, 2.24) is 5.32 Å². The van der Waals surface area contributed by atoms with Crippen molar-refractivity contribution in [2.45, 2.75) is 43.4 Å². The molecular weight excluding hydrogens is 270 g/mol. The number of halogens is 1. The van der Waals surface area contributed by atoms with Gasteiger partial charge in [0.15, 0.2) is 0 Å². The minimum Gasteiger partial charge on any atom is -0.312 e. The molecule has 1 heterocycles. The smallest absolute Gasteiger partial charge is 0.0561 e. The molecule has 1 N–H and O–H groups in total. The Balaban J connectivity index is 1.85. The molecular formula is C13H20ClNS2. The normalized spacial score (nSPS) is 19.4. The molecule has 1 aromatic heterocycles. The first-order chi connectivity index (χ1) is 8.31. The van der Waals surface area contributed by atoms with Crippen LogP contribution in [0.4, 0.5) is 0 Å². The number of rotatable bonds is 5. The van der Waals surface area contributed by atoms with Gasteiger partial charge in [-0.3, -0.25) is 0 Å². The Labute approximate surface area is 117 Å². The van der Waals surface area contributed by atoms with Gasteiger partial charge in [0.1, 0.15) is 0 Å². The Kier molecular flexibility index (Phi) is 5.67. The summed E-state index contributed by atoms with van der Waals surface area (Å²) in [6.45, 7) is 0. The van der Waals surface area contributed by atoms with Crippen LogP contribution in [0.25, 0.3) is 0 Å². The Morgan fingerprint density at radius 3 is 2.82 bits per heavy atom. The molecule has 1 nitrogen and oxygen atoms in total. The fraction of sp³-hybridized carbons (Fsp3) is 0.692. The summed E-state index contributed by atoms with van der Waals surface area (Å²) in [7, 11) is 2.03. The maximum absolute atomic E-state index is 6.20. The van der Waals surface area contributed by atoms with Gasteiger partial charge in [-0.15, -0.1) is 11.3 Å². The molecule has 0 spiro atoms. The highest BCUT2D eigenvalue weighted by Crippen LogP contribution is 2.34. The van der Waals surface area contributed by atoms with E-state index in [1.54, 1.807) is 11.3 Å². The van der Waals surface area contributed by atoms with Crippen molar-refractivity contribution in [2.24, 2.45) is 0 Å². The first-order valence-electron chi connectivity index (χ1n) is 6.33. The standard InChI is InChI=1S/C13H20ClNS2/c1-15-12(13-11(14)7-8-16-13)9-17-10-5-3-2-4-6-10/h7-8,10,12,15H,2-6,9H2,1H3. The van der Waals surface area contributed by atoms with Gasteiger partial charge >= 0.3 is 0 Å². The molecule has 0 amide bonds. The number of hydrogen-bond acceptors (Lipinski definition) is 3. The summed E-state index contributed by atoms with van der Waals surface area (Å²) >= 11 is 10.1. The lowest BCUT2D eigenvalue weighted by molar-refractivity contribution is 0.515. The van der Waals surface area contributed by atoms with Crippen LogP contribution in [0.1, 0.15) is 43.0 Å². The third kappa shape index (κ3) is 3.88. The summed E-state index contributed by atoms with van der Waals surface area (Å²) in [5.41, 5.74) is 0. The van der Waals surface area contributed by atoms with E-state index in [0.29, 0.717) is 6.04 Å². The monoisotopic (exact) mass is 289 g/mol. The van der Waals surface area contributed by atoms with Crippen molar-refractivity contribution in [3.05, 3.63) is 21.3 Å². The largest absolute Gasteiger partial charge is 0.312 e. The highest BCUT2D eigenvalue weighted by molar-refractivity contribution is 7.99. The van der Waals surface area contributed by atoms with Crippen LogP contribution in [0, 0.1) is 0 Å². The summed E-state index contributed by atoms with van der Waals surface area (Å²) in [6, 6.07) is 2.41. The van der Waals surface area contributed by atoms with Crippen LogP contribution in [-0.2, 0) is 0 Å². The highest BCUT2D eigenvalue weighted by Gasteiger charge is 2.19. The summed E-state index contributed by atoms with van der Waals surface area (Å²) in [5, 5.41) is 7.26. The molecule has 0 bridgehead atoms. The third-order valence-electron chi connectivity index (χ3n) is 3.36. The third-order valence-corrected chi connectivity index (χ3v) is 6.30. The van der Waals surface area contributed by atoms with Gasteiger partial charge in [-0.1, -0.05) is 30.9 Å². The Morgan fingerprint density at radius 2 is 2.24 bits per heavy atom. The zero-order valence-corrected chi connectivity index (χ0v) is 12.6. The molecule has 1 aliphatic carbocycles. The number of nitrogens with one attached hydrogen (secondary N) is 1. The lowest BCUT2D eigenvalue weighted by Gasteiger charge is -2.23. The van der Waals surface area contributed by atoms with E-state index >= 15 is 0 Å². The molecule has 96 valence electrons. The molecule has 1 atom stereocenters. The van der Waals surface area contributed by atoms with Crippen molar-refractivity contribution in [3.8, 4) is 0 Å². The van der Waals surface area contributed by atoms with Crippen LogP contribution in [0.3, 0.4) is 0 Å². The molecule has 1 unspecified atom stereocenters. The Hall–Kier alpha value is 0.300. The molecule has 1 saturated carbocycles. The van der Waals surface area contributed by atoms with E-state index in [1.807, 2.05) is 13.1 Å². The zero-order valence-electron chi connectivity index (χ0n) is 10.2. The topological polar surface area (TPSA) is 12.0 Å². The van der Waals surface area contributed by atoms with Gasteiger partial charge < -0.3 is 5.32 Å². The van der Waals surface area contributed by atoms with E-state index in [4.69, 9.17) is 11.6 Å². The lowest BCUT2D eigenvalue weighted by Crippen LogP contribution is -2.20. The van der Waals surface area contributed by atoms with Crippen LogP contribution in [0.15, 0.2) is 11.4 Å². The quantitative estimate of drug-likeness (QED) is 0.841. The second-order valence-electron chi connectivity index (χ2n) is 4.57. The number of hydrogen-bond donors (Lipinski definition) is 1. The molecule has 17 heavy (non-hydrogen) atoms. The molecule has 4 heteroatoms. The molecule has 1 aromatic rings. The fourth-order valence-electron chi connectivity index (χ4n) is 2.31. The van der Waals surface area contributed by atoms with Crippen LogP contribution >= 0.6 is 34.7 Å². The first kappa shape index (κ1) is 13.7. The van der Waals surface area contributed by atoms with Crippen LogP contribution in [0.5, 0.6) is 0 Å². The van der Waals surface area contributed by atoms with Gasteiger partial charge in [0.05, 0.1) is 11.1 Å². The Morgan fingerprint density at radius 1 is 1.47 bits per heavy atom. The summed E-state index contributed by atoms with van der Waals surface area (Å²) in [5.74, 6) is 1.14. The molecule has 1 aliphatic rings. The molecule has 2 rings (SSSR count).